The Morgan fingerprint density at radius 2 is 1.94 bits per heavy atom. The van der Waals surface area contributed by atoms with Crippen molar-refractivity contribution < 1.29 is 4.79 Å². The van der Waals surface area contributed by atoms with Gasteiger partial charge in [-0.1, -0.05) is 33.1 Å². The van der Waals surface area contributed by atoms with E-state index in [-0.39, 0.29) is 5.91 Å². The number of aromatic nitrogens is 3. The number of H-pyrrole nitrogens is 1. The molecule has 2 aliphatic rings. The van der Waals surface area contributed by atoms with Gasteiger partial charge in [-0.2, -0.15) is 5.10 Å². The number of nitrogens with one attached hydrogen (secondary N) is 2. The molecule has 0 aromatic carbocycles. The van der Waals surface area contributed by atoms with Crippen LogP contribution in [-0.2, 0) is 11.2 Å². The van der Waals surface area contributed by atoms with E-state index in [0.29, 0.717) is 22.9 Å². The summed E-state index contributed by atoms with van der Waals surface area (Å²) < 4.78 is 0. The number of hydrogen-bond donors (Lipinski definition) is 2. The first-order valence-electron chi connectivity index (χ1n) is 11.9. The van der Waals surface area contributed by atoms with E-state index >= 15 is 0 Å². The molecule has 32 heavy (non-hydrogen) atoms. The summed E-state index contributed by atoms with van der Waals surface area (Å²) in [6.45, 7) is 9.78. The molecule has 7 heteroatoms. The fraction of sp³-hybridized carbons (Fsp3) is 0.520. The minimum absolute atomic E-state index is 0.197. The third-order valence-corrected chi connectivity index (χ3v) is 6.84. The van der Waals surface area contributed by atoms with Crippen LogP contribution in [0.5, 0.6) is 0 Å². The first kappa shape index (κ1) is 22.4. The van der Waals surface area contributed by atoms with Gasteiger partial charge in [-0.15, -0.1) is 0 Å². The van der Waals surface area contributed by atoms with E-state index in [1.807, 2.05) is 6.08 Å². The Morgan fingerprint density at radius 3 is 2.62 bits per heavy atom. The molecule has 1 amide bonds. The molecule has 1 fully saturated rings. The van der Waals surface area contributed by atoms with E-state index < -0.39 is 0 Å². The average molecular weight is 435 g/mol. The first-order chi connectivity index (χ1) is 15.6. The van der Waals surface area contributed by atoms with E-state index in [0.717, 1.165) is 31.7 Å². The number of aryl methyl sites for hydroxylation is 1. The molecule has 2 aromatic heterocycles. The molecule has 170 valence electrons. The number of carbonyl (C=O) groups is 1. The van der Waals surface area contributed by atoms with Crippen molar-refractivity contribution in [2.75, 3.05) is 19.6 Å². The van der Waals surface area contributed by atoms with E-state index in [2.05, 4.69) is 51.2 Å². The van der Waals surface area contributed by atoms with Crippen LogP contribution in [0.25, 0.3) is 6.08 Å². The molecule has 1 aliphatic carbocycles. The zero-order valence-corrected chi connectivity index (χ0v) is 19.4. The zero-order valence-electron chi connectivity index (χ0n) is 19.4. The monoisotopic (exact) mass is 434 g/mol. The molecule has 0 spiro atoms. The number of rotatable bonds is 8. The zero-order chi connectivity index (χ0) is 22.5. The highest BCUT2D eigenvalue weighted by molar-refractivity contribution is 6.32. The van der Waals surface area contributed by atoms with Crippen molar-refractivity contribution in [3.05, 3.63) is 52.4 Å². The fourth-order valence-corrected chi connectivity index (χ4v) is 5.04. The summed E-state index contributed by atoms with van der Waals surface area (Å²) in [6, 6.07) is 0. The van der Waals surface area contributed by atoms with Crippen LogP contribution in [0, 0.1) is 6.92 Å². The summed E-state index contributed by atoms with van der Waals surface area (Å²) in [7, 11) is 0. The quantitative estimate of drug-likeness (QED) is 0.616. The van der Waals surface area contributed by atoms with Gasteiger partial charge in [0.1, 0.15) is 11.4 Å². The molecule has 1 aliphatic heterocycles. The first-order valence-corrected chi connectivity index (χ1v) is 11.9. The second kappa shape index (κ2) is 10.2. The molecule has 0 bridgehead atoms. The molecule has 4 rings (SSSR count). The van der Waals surface area contributed by atoms with Crippen molar-refractivity contribution in [3.8, 4) is 0 Å². The van der Waals surface area contributed by atoms with Crippen molar-refractivity contribution in [2.45, 2.75) is 65.2 Å². The molecule has 0 radical (unpaired) electrons. The lowest BCUT2D eigenvalue weighted by molar-refractivity contribution is -0.116. The third-order valence-electron chi connectivity index (χ3n) is 6.84. The topological polar surface area (TPSA) is 86.3 Å². The molecule has 2 N–H and O–H groups in total. The van der Waals surface area contributed by atoms with Gasteiger partial charge in [0, 0.05) is 30.3 Å². The molecule has 0 saturated heterocycles. The van der Waals surface area contributed by atoms with Gasteiger partial charge in [0.2, 0.25) is 0 Å². The predicted molar refractivity (Wildman–Crippen MR) is 128 cm³/mol. The lowest BCUT2D eigenvalue weighted by atomic mass is 9.81. The van der Waals surface area contributed by atoms with Crippen LogP contribution in [0.15, 0.2) is 29.3 Å². The highest BCUT2D eigenvalue weighted by atomic mass is 16.2. The Bertz CT molecular complexity index is 997. The van der Waals surface area contributed by atoms with Crippen LogP contribution < -0.4 is 5.43 Å². The second-order valence-electron chi connectivity index (χ2n) is 8.72. The Labute approximate surface area is 190 Å². The number of hydrogen-bond acceptors (Lipinski definition) is 5. The summed E-state index contributed by atoms with van der Waals surface area (Å²) in [5.41, 5.74) is 9.38. The van der Waals surface area contributed by atoms with E-state index in [4.69, 9.17) is 0 Å². The van der Waals surface area contributed by atoms with Crippen molar-refractivity contribution in [2.24, 2.45) is 5.10 Å². The highest BCUT2D eigenvalue weighted by Gasteiger charge is 2.29. The van der Waals surface area contributed by atoms with Crippen LogP contribution >= 0.6 is 0 Å². The van der Waals surface area contributed by atoms with Crippen molar-refractivity contribution >= 4 is 17.7 Å². The van der Waals surface area contributed by atoms with E-state index in [1.165, 1.54) is 48.9 Å². The third kappa shape index (κ3) is 4.67. The summed E-state index contributed by atoms with van der Waals surface area (Å²) in [4.78, 5) is 27.3. The minimum atomic E-state index is -0.197. The van der Waals surface area contributed by atoms with Crippen LogP contribution in [0.4, 0.5) is 0 Å². The Morgan fingerprint density at radius 1 is 1.16 bits per heavy atom. The molecule has 3 heterocycles. The van der Waals surface area contributed by atoms with Crippen molar-refractivity contribution in [1.29, 1.82) is 0 Å². The maximum absolute atomic E-state index is 12.7. The van der Waals surface area contributed by atoms with E-state index in [9.17, 15) is 4.79 Å². The van der Waals surface area contributed by atoms with Crippen LogP contribution in [-0.4, -0.2) is 51.1 Å². The Balaban J connectivity index is 1.73. The summed E-state index contributed by atoms with van der Waals surface area (Å²) >= 11 is 0. The van der Waals surface area contributed by atoms with Gasteiger partial charge in [-0.3, -0.25) is 14.8 Å². The van der Waals surface area contributed by atoms with Crippen LogP contribution in [0.1, 0.15) is 80.1 Å². The van der Waals surface area contributed by atoms with Gasteiger partial charge in [0.15, 0.2) is 0 Å². The normalized spacial score (nSPS) is 18.4. The summed E-state index contributed by atoms with van der Waals surface area (Å²) in [6.07, 6.45) is 14.2. The van der Waals surface area contributed by atoms with Crippen LogP contribution in [0.2, 0.25) is 0 Å². The number of likely N-dealkylation sites (N-methyl/N-ethyl adjacent to an activating group) is 1. The SMILES string of the molecule is CCN(CC)CCc1c(C)[nH]c(C=C2C(=O)NN=C2c2cnccn2)c1C1CCCCC1. The number of aromatic amines is 1. The smallest absolute Gasteiger partial charge is 0.273 e. The number of nitrogens with zero attached hydrogens (tertiary/aromatic N) is 4. The molecular weight excluding hydrogens is 400 g/mol. The van der Waals surface area contributed by atoms with E-state index in [1.54, 1.807) is 18.6 Å². The van der Waals surface area contributed by atoms with Gasteiger partial charge in [-0.05, 0) is 62.4 Å². The largest absolute Gasteiger partial charge is 0.359 e. The van der Waals surface area contributed by atoms with Gasteiger partial charge in [0.05, 0.1) is 11.8 Å². The highest BCUT2D eigenvalue weighted by Crippen LogP contribution is 2.39. The number of hydrazone groups is 1. The van der Waals surface area contributed by atoms with Gasteiger partial charge < -0.3 is 9.88 Å². The molecule has 1 saturated carbocycles. The second-order valence-corrected chi connectivity index (χ2v) is 8.72. The molecular formula is C25H34N6O. The fourth-order valence-electron chi connectivity index (χ4n) is 5.04. The van der Waals surface area contributed by atoms with Crippen molar-refractivity contribution in [3.63, 3.8) is 0 Å². The Hall–Kier alpha value is -2.80. The number of carbonyl (C=O) groups excluding carboxylic acids is 1. The molecule has 0 unspecified atom stereocenters. The van der Waals surface area contributed by atoms with Gasteiger partial charge in [0.25, 0.3) is 5.91 Å². The predicted octanol–water partition coefficient (Wildman–Crippen LogP) is 3.96. The standard InChI is InChI=1S/C25H34N6O/c1-4-31(5-2)14-11-19-17(3)28-21(23(19)18-9-7-6-8-10-18)15-20-24(29-30-25(20)32)22-16-26-12-13-27-22/h12-13,15-16,18,28H,4-11,14H2,1-3H3,(H,30,32). The lowest BCUT2D eigenvalue weighted by Crippen LogP contribution is -2.25. The summed E-state index contributed by atoms with van der Waals surface area (Å²) in [5, 5.41) is 4.24. The maximum atomic E-state index is 12.7. The lowest BCUT2D eigenvalue weighted by Gasteiger charge is -2.25. The number of amides is 1. The van der Waals surface area contributed by atoms with Gasteiger partial charge >= 0.3 is 0 Å². The van der Waals surface area contributed by atoms with Crippen molar-refractivity contribution in [1.82, 2.24) is 25.3 Å². The maximum Gasteiger partial charge on any atom is 0.273 e. The summed E-state index contributed by atoms with van der Waals surface area (Å²) in [5.74, 6) is 0.339. The molecule has 2 aromatic rings. The van der Waals surface area contributed by atoms with Crippen LogP contribution in [0.3, 0.4) is 0 Å². The minimum Gasteiger partial charge on any atom is -0.359 e. The Kier molecular flexibility index (Phi) is 7.15. The molecule has 0 atom stereocenters. The molecule has 7 nitrogen and oxygen atoms in total. The average Bonchev–Trinajstić information content (AvgIpc) is 3.35. The van der Waals surface area contributed by atoms with Gasteiger partial charge in [-0.25, -0.2) is 5.43 Å².